The monoisotopic (exact) mass is 511 g/mol. The molecular weight excluding hydrogens is 457 g/mol. The number of unbranched alkanes of at least 4 members (excludes halogenated alkanes) is 4. The standard InChI is InChI=1S/C16H18BO3.C16H36N/c1-11-5-7-15(13(3)9-11)19-17(18)20-16-8-6-12(2)10-14(16)4;1-5-9-13-17(14-10-6-2,15-11-7-3)16-12-8-4/h5-10H,1-4H3;5-16H2,1-4H3/q-1;+1. The van der Waals surface area contributed by atoms with E-state index in [0.29, 0.717) is 11.5 Å². The second-order valence-corrected chi connectivity index (χ2v) is 10.7. The summed E-state index contributed by atoms with van der Waals surface area (Å²) in [5.41, 5.74) is 4.12. The third-order valence-electron chi connectivity index (χ3n) is 7.05. The molecule has 0 aromatic heterocycles. The van der Waals surface area contributed by atoms with Crippen molar-refractivity contribution in [2.45, 2.75) is 107 Å². The maximum absolute atomic E-state index is 11.9. The molecule has 5 heteroatoms. The Morgan fingerprint density at radius 2 is 0.919 bits per heavy atom. The van der Waals surface area contributed by atoms with Gasteiger partial charge in [-0.25, -0.2) is 0 Å². The van der Waals surface area contributed by atoms with Crippen LogP contribution >= 0.6 is 0 Å². The summed E-state index contributed by atoms with van der Waals surface area (Å²) in [5.74, 6) is 1.11. The number of benzene rings is 2. The van der Waals surface area contributed by atoms with Gasteiger partial charge in [-0.2, -0.15) is 0 Å². The van der Waals surface area contributed by atoms with Gasteiger partial charge in [0.2, 0.25) is 0 Å². The van der Waals surface area contributed by atoms with Crippen LogP contribution in [0.1, 0.15) is 101 Å². The van der Waals surface area contributed by atoms with Crippen molar-refractivity contribution in [1.82, 2.24) is 0 Å². The Labute approximate surface area is 229 Å². The van der Waals surface area contributed by atoms with E-state index in [1.165, 1.54) is 82.0 Å². The van der Waals surface area contributed by atoms with Gasteiger partial charge in [0.1, 0.15) is 11.5 Å². The van der Waals surface area contributed by atoms with Crippen LogP contribution in [0.5, 0.6) is 11.5 Å². The molecule has 0 spiro atoms. The van der Waals surface area contributed by atoms with Crippen LogP contribution in [0.2, 0.25) is 0 Å². The SMILES string of the molecule is CCCC[N+](CCCC)(CCCC)CCCC.Cc1ccc(OB([O-])Oc2ccc(C)cc2C)c(C)c1. The van der Waals surface area contributed by atoms with Gasteiger partial charge in [-0.05, 0) is 76.6 Å². The molecule has 0 radical (unpaired) electrons. The van der Waals surface area contributed by atoms with E-state index in [0.717, 1.165) is 22.3 Å². The fourth-order valence-electron chi connectivity index (χ4n) is 4.74. The van der Waals surface area contributed by atoms with Crippen LogP contribution in [0.25, 0.3) is 0 Å². The Balaban J connectivity index is 0.000000377. The third-order valence-corrected chi connectivity index (χ3v) is 7.05. The van der Waals surface area contributed by atoms with Crippen LogP contribution in [0.15, 0.2) is 36.4 Å². The second-order valence-electron chi connectivity index (χ2n) is 10.7. The number of hydrogen-bond donors (Lipinski definition) is 0. The fourth-order valence-corrected chi connectivity index (χ4v) is 4.74. The average molecular weight is 512 g/mol. The van der Waals surface area contributed by atoms with Gasteiger partial charge in [0.05, 0.1) is 26.2 Å². The molecule has 2 aromatic carbocycles. The molecular formula is C32H54BNO3. The van der Waals surface area contributed by atoms with Crippen LogP contribution in [-0.4, -0.2) is 38.0 Å². The van der Waals surface area contributed by atoms with Gasteiger partial charge in [-0.3, -0.25) is 0 Å². The van der Waals surface area contributed by atoms with Crippen molar-refractivity contribution in [3.05, 3.63) is 58.7 Å². The summed E-state index contributed by atoms with van der Waals surface area (Å²) in [6.45, 7) is 22.8. The molecule has 0 saturated heterocycles. The minimum absolute atomic E-state index is 0.556. The average Bonchev–Trinajstić information content (AvgIpc) is 2.87. The van der Waals surface area contributed by atoms with E-state index < -0.39 is 7.32 Å². The lowest BCUT2D eigenvalue weighted by Gasteiger charge is -2.39. The summed E-state index contributed by atoms with van der Waals surface area (Å²) >= 11 is 0. The third kappa shape index (κ3) is 12.9. The van der Waals surface area contributed by atoms with E-state index in [9.17, 15) is 5.02 Å². The smallest absolute Gasteiger partial charge is 0.492 e. The van der Waals surface area contributed by atoms with E-state index in [4.69, 9.17) is 9.31 Å². The van der Waals surface area contributed by atoms with Gasteiger partial charge in [-0.15, -0.1) is 0 Å². The lowest BCUT2D eigenvalue weighted by atomic mass is 10.1. The number of hydrogen-bond acceptors (Lipinski definition) is 3. The van der Waals surface area contributed by atoms with Crippen molar-refractivity contribution in [3.8, 4) is 11.5 Å². The number of nitrogens with zero attached hydrogens (tertiary/aromatic N) is 1. The zero-order valence-electron chi connectivity index (χ0n) is 25.2. The van der Waals surface area contributed by atoms with Gasteiger partial charge in [0.25, 0.3) is 0 Å². The summed E-state index contributed by atoms with van der Waals surface area (Å²) in [7, 11) is -1.57. The first-order valence-corrected chi connectivity index (χ1v) is 14.7. The Kier molecular flexibility index (Phi) is 16.4. The highest BCUT2D eigenvalue weighted by atomic mass is 16.7. The van der Waals surface area contributed by atoms with E-state index in [-0.39, 0.29) is 0 Å². The van der Waals surface area contributed by atoms with E-state index in [2.05, 4.69) is 27.7 Å². The predicted octanol–water partition coefficient (Wildman–Crippen LogP) is 7.73. The minimum atomic E-state index is -1.57. The lowest BCUT2D eigenvalue weighted by molar-refractivity contribution is -0.929. The van der Waals surface area contributed by atoms with Crippen molar-refractivity contribution in [3.63, 3.8) is 0 Å². The highest BCUT2D eigenvalue weighted by Crippen LogP contribution is 2.22. The molecule has 37 heavy (non-hydrogen) atoms. The largest absolute Gasteiger partial charge is 0.808 e. The minimum Gasteiger partial charge on any atom is -0.808 e. The van der Waals surface area contributed by atoms with Crippen LogP contribution < -0.4 is 14.3 Å². The molecule has 2 aromatic rings. The van der Waals surface area contributed by atoms with Crippen LogP contribution in [0.4, 0.5) is 0 Å². The van der Waals surface area contributed by atoms with Gasteiger partial charge >= 0.3 is 7.32 Å². The van der Waals surface area contributed by atoms with E-state index in [1.807, 2.05) is 52.0 Å². The highest BCUT2D eigenvalue weighted by Gasteiger charge is 2.24. The molecule has 4 nitrogen and oxygen atoms in total. The lowest BCUT2D eigenvalue weighted by Crippen LogP contribution is -2.50. The van der Waals surface area contributed by atoms with Crippen LogP contribution in [0, 0.1) is 27.7 Å². The molecule has 0 N–H and O–H groups in total. The van der Waals surface area contributed by atoms with Crippen molar-refractivity contribution in [1.29, 1.82) is 0 Å². The normalized spacial score (nSPS) is 11.1. The van der Waals surface area contributed by atoms with Gasteiger partial charge in [0, 0.05) is 0 Å². The van der Waals surface area contributed by atoms with Crippen LogP contribution in [0.3, 0.4) is 0 Å². The van der Waals surface area contributed by atoms with Crippen molar-refractivity contribution in [2.75, 3.05) is 26.2 Å². The summed E-state index contributed by atoms with van der Waals surface area (Å²) in [4.78, 5) is 0. The number of quaternary nitrogens is 1. The maximum atomic E-state index is 11.9. The Hall–Kier alpha value is -1.98. The molecule has 0 aliphatic carbocycles. The number of rotatable bonds is 16. The first-order valence-electron chi connectivity index (χ1n) is 14.7. The number of aryl methyl sites for hydroxylation is 4. The Morgan fingerprint density at radius 3 is 1.19 bits per heavy atom. The molecule has 0 unspecified atom stereocenters. The fraction of sp³-hybridized carbons (Fsp3) is 0.625. The highest BCUT2D eigenvalue weighted by molar-refractivity contribution is 6.34. The summed E-state index contributed by atoms with van der Waals surface area (Å²) < 4.78 is 12.0. The molecule has 0 saturated carbocycles. The molecule has 0 heterocycles. The molecule has 2 rings (SSSR count). The maximum Gasteiger partial charge on any atom is 0.492 e. The van der Waals surface area contributed by atoms with Gasteiger partial charge in [-0.1, -0.05) is 88.8 Å². The zero-order chi connectivity index (χ0) is 27.7. The Bertz CT molecular complexity index is 795. The molecule has 0 amide bonds. The molecule has 0 aliphatic heterocycles. The van der Waals surface area contributed by atoms with E-state index in [1.54, 1.807) is 12.1 Å². The van der Waals surface area contributed by atoms with Crippen molar-refractivity contribution < 1.29 is 18.8 Å². The molecule has 0 aliphatic rings. The molecule has 208 valence electrons. The summed E-state index contributed by atoms with van der Waals surface area (Å²) in [5, 5.41) is 11.9. The summed E-state index contributed by atoms with van der Waals surface area (Å²) in [6, 6.07) is 11.3. The van der Waals surface area contributed by atoms with Crippen molar-refractivity contribution >= 4 is 7.32 Å². The quantitative estimate of drug-likeness (QED) is 0.171. The van der Waals surface area contributed by atoms with Crippen LogP contribution in [-0.2, 0) is 0 Å². The van der Waals surface area contributed by atoms with Crippen molar-refractivity contribution in [2.24, 2.45) is 0 Å². The molecule has 0 fully saturated rings. The molecule has 0 bridgehead atoms. The first-order chi connectivity index (χ1) is 17.7. The summed E-state index contributed by atoms with van der Waals surface area (Å²) in [6.07, 6.45) is 11.1. The topological polar surface area (TPSA) is 41.5 Å². The first kappa shape index (κ1) is 33.1. The zero-order valence-corrected chi connectivity index (χ0v) is 25.2. The Morgan fingerprint density at radius 1 is 0.595 bits per heavy atom. The van der Waals surface area contributed by atoms with Gasteiger partial charge < -0.3 is 18.8 Å². The second kappa shape index (κ2) is 18.3. The molecule has 0 atom stereocenters. The van der Waals surface area contributed by atoms with E-state index >= 15 is 0 Å². The predicted molar refractivity (Wildman–Crippen MR) is 158 cm³/mol. The van der Waals surface area contributed by atoms with Gasteiger partial charge in [0.15, 0.2) is 0 Å².